The van der Waals surface area contributed by atoms with E-state index in [0.29, 0.717) is 18.9 Å². The van der Waals surface area contributed by atoms with Gasteiger partial charge in [0.2, 0.25) is 0 Å². The van der Waals surface area contributed by atoms with E-state index in [4.69, 9.17) is 9.84 Å². The van der Waals surface area contributed by atoms with E-state index in [1.54, 1.807) is 0 Å². The van der Waals surface area contributed by atoms with Gasteiger partial charge < -0.3 is 14.7 Å². The Morgan fingerprint density at radius 1 is 0.905 bits per heavy atom. The number of carbonyl (C=O) groups excluding carboxylic acids is 1. The summed E-state index contributed by atoms with van der Waals surface area (Å²) in [5.74, 6) is -0.985. The number of rotatable bonds is 3. The fraction of sp³-hybridized carbons (Fsp3) is 0.867. The largest absolute Gasteiger partial charge is 0.479 e. The third-order valence-electron chi connectivity index (χ3n) is 5.04. The van der Waals surface area contributed by atoms with Gasteiger partial charge in [-0.25, -0.2) is 4.79 Å². The Labute approximate surface area is 125 Å². The van der Waals surface area contributed by atoms with E-state index < -0.39 is 18.2 Å². The van der Waals surface area contributed by atoms with Crippen molar-refractivity contribution in [3.8, 4) is 0 Å². The van der Waals surface area contributed by atoms with Crippen molar-refractivity contribution in [3.63, 3.8) is 0 Å². The molecule has 0 aromatic rings. The SMILES string of the molecule is O=C(O)[C@H]1CC[C@@H](C(=O)N2CCN(C3CCCC3)CC2)O1. The number of ether oxygens (including phenoxy) is 1. The van der Waals surface area contributed by atoms with Gasteiger partial charge >= 0.3 is 5.97 Å². The van der Waals surface area contributed by atoms with Crippen molar-refractivity contribution in [1.29, 1.82) is 0 Å². The van der Waals surface area contributed by atoms with Gasteiger partial charge in [-0.05, 0) is 25.7 Å². The van der Waals surface area contributed by atoms with Crippen LogP contribution in [0.1, 0.15) is 38.5 Å². The lowest BCUT2D eigenvalue weighted by Crippen LogP contribution is -2.53. The lowest BCUT2D eigenvalue weighted by atomic mass is 10.1. The van der Waals surface area contributed by atoms with Crippen molar-refractivity contribution >= 4 is 11.9 Å². The molecule has 2 saturated heterocycles. The molecule has 1 aliphatic carbocycles. The van der Waals surface area contributed by atoms with Gasteiger partial charge in [0.15, 0.2) is 6.10 Å². The monoisotopic (exact) mass is 296 g/mol. The van der Waals surface area contributed by atoms with E-state index in [2.05, 4.69) is 4.90 Å². The first-order valence-corrected chi connectivity index (χ1v) is 8.06. The van der Waals surface area contributed by atoms with Crippen LogP contribution < -0.4 is 0 Å². The normalized spacial score (nSPS) is 31.7. The lowest BCUT2D eigenvalue weighted by Gasteiger charge is -2.38. The molecule has 1 saturated carbocycles. The van der Waals surface area contributed by atoms with Gasteiger partial charge in [0.1, 0.15) is 6.10 Å². The number of piperazine rings is 1. The molecule has 3 fully saturated rings. The van der Waals surface area contributed by atoms with Gasteiger partial charge in [-0.15, -0.1) is 0 Å². The van der Waals surface area contributed by atoms with Crippen LogP contribution in [0.25, 0.3) is 0 Å². The van der Waals surface area contributed by atoms with Crippen LogP contribution >= 0.6 is 0 Å². The first kappa shape index (κ1) is 14.8. The summed E-state index contributed by atoms with van der Waals surface area (Å²) in [7, 11) is 0. The van der Waals surface area contributed by atoms with Crippen LogP contribution in [-0.4, -0.2) is 71.2 Å². The minimum absolute atomic E-state index is 0.0233. The lowest BCUT2D eigenvalue weighted by molar-refractivity contribution is -0.155. The second-order valence-electron chi connectivity index (χ2n) is 6.33. The van der Waals surface area contributed by atoms with E-state index >= 15 is 0 Å². The zero-order chi connectivity index (χ0) is 14.8. The number of nitrogens with zero attached hydrogens (tertiary/aromatic N) is 2. The van der Waals surface area contributed by atoms with Crippen molar-refractivity contribution < 1.29 is 19.4 Å². The number of aliphatic carboxylic acids is 1. The molecule has 3 rings (SSSR count). The highest BCUT2D eigenvalue weighted by molar-refractivity contribution is 5.82. The Kier molecular flexibility index (Phi) is 4.45. The molecule has 0 radical (unpaired) electrons. The first-order valence-electron chi connectivity index (χ1n) is 8.06. The molecule has 0 aromatic carbocycles. The molecular weight excluding hydrogens is 272 g/mol. The molecule has 0 bridgehead atoms. The van der Waals surface area contributed by atoms with Gasteiger partial charge in [0, 0.05) is 32.2 Å². The van der Waals surface area contributed by atoms with Crippen LogP contribution in [0.3, 0.4) is 0 Å². The van der Waals surface area contributed by atoms with Crippen LogP contribution in [0.5, 0.6) is 0 Å². The highest BCUT2D eigenvalue weighted by Crippen LogP contribution is 2.26. The highest BCUT2D eigenvalue weighted by Gasteiger charge is 2.38. The molecule has 6 heteroatoms. The Hall–Kier alpha value is -1.14. The predicted octanol–water partition coefficient (Wildman–Crippen LogP) is 0.705. The van der Waals surface area contributed by atoms with Gasteiger partial charge in [-0.2, -0.15) is 0 Å². The zero-order valence-corrected chi connectivity index (χ0v) is 12.4. The van der Waals surface area contributed by atoms with Crippen LogP contribution in [-0.2, 0) is 14.3 Å². The molecule has 2 heterocycles. The average Bonchev–Trinajstić information content (AvgIpc) is 3.18. The molecule has 6 nitrogen and oxygen atoms in total. The van der Waals surface area contributed by atoms with E-state index in [1.807, 2.05) is 4.90 Å². The summed E-state index contributed by atoms with van der Waals surface area (Å²) in [6, 6.07) is 0.710. The standard InChI is InChI=1S/C15H24N2O4/c18-14(12-5-6-13(21-12)15(19)20)17-9-7-16(8-10-17)11-3-1-2-4-11/h11-13H,1-10H2,(H,19,20)/t12-,13+/m0/s1. The molecule has 2 aliphatic heterocycles. The third-order valence-corrected chi connectivity index (χ3v) is 5.04. The quantitative estimate of drug-likeness (QED) is 0.830. The second kappa shape index (κ2) is 6.32. The molecule has 0 aromatic heterocycles. The Morgan fingerprint density at radius 3 is 2.10 bits per heavy atom. The molecule has 0 spiro atoms. The average molecular weight is 296 g/mol. The number of hydrogen-bond donors (Lipinski definition) is 1. The highest BCUT2D eigenvalue weighted by atomic mass is 16.5. The molecule has 0 unspecified atom stereocenters. The van der Waals surface area contributed by atoms with Crippen molar-refractivity contribution in [2.45, 2.75) is 56.8 Å². The summed E-state index contributed by atoms with van der Waals surface area (Å²) in [5.41, 5.74) is 0. The number of carboxylic acids is 1. The smallest absolute Gasteiger partial charge is 0.332 e. The van der Waals surface area contributed by atoms with Crippen LogP contribution in [0.2, 0.25) is 0 Å². The summed E-state index contributed by atoms with van der Waals surface area (Å²) in [4.78, 5) is 27.6. The van der Waals surface area contributed by atoms with Gasteiger partial charge in [0.25, 0.3) is 5.91 Å². The minimum Gasteiger partial charge on any atom is -0.479 e. The Morgan fingerprint density at radius 2 is 1.52 bits per heavy atom. The first-order chi connectivity index (χ1) is 10.1. The van der Waals surface area contributed by atoms with Crippen molar-refractivity contribution in [2.24, 2.45) is 0 Å². The number of carboxylic acid groups (broad SMARTS) is 1. The molecule has 1 N–H and O–H groups in total. The van der Waals surface area contributed by atoms with Crippen molar-refractivity contribution in [2.75, 3.05) is 26.2 Å². The molecule has 1 amide bonds. The van der Waals surface area contributed by atoms with Gasteiger partial charge in [0.05, 0.1) is 0 Å². The van der Waals surface area contributed by atoms with E-state index in [-0.39, 0.29) is 5.91 Å². The topological polar surface area (TPSA) is 70.1 Å². The summed E-state index contributed by atoms with van der Waals surface area (Å²) in [6.07, 6.45) is 4.85. The van der Waals surface area contributed by atoms with Crippen molar-refractivity contribution in [3.05, 3.63) is 0 Å². The van der Waals surface area contributed by atoms with Crippen molar-refractivity contribution in [1.82, 2.24) is 9.80 Å². The maximum atomic E-state index is 12.4. The fourth-order valence-corrected chi connectivity index (χ4v) is 3.78. The zero-order valence-electron chi connectivity index (χ0n) is 12.4. The maximum Gasteiger partial charge on any atom is 0.332 e. The summed E-state index contributed by atoms with van der Waals surface area (Å²) in [6.45, 7) is 3.36. The molecule has 2 atom stereocenters. The third kappa shape index (κ3) is 3.21. The maximum absolute atomic E-state index is 12.4. The van der Waals surface area contributed by atoms with Gasteiger partial charge in [-0.3, -0.25) is 9.69 Å². The Balaban J connectivity index is 1.48. The van der Waals surface area contributed by atoms with E-state index in [1.165, 1.54) is 25.7 Å². The summed E-state index contributed by atoms with van der Waals surface area (Å²) in [5, 5.41) is 8.92. The summed E-state index contributed by atoms with van der Waals surface area (Å²) < 4.78 is 5.36. The number of amides is 1. The van der Waals surface area contributed by atoms with Crippen LogP contribution in [0.4, 0.5) is 0 Å². The number of hydrogen-bond acceptors (Lipinski definition) is 4. The van der Waals surface area contributed by atoms with Crippen LogP contribution in [0, 0.1) is 0 Å². The molecule has 118 valence electrons. The minimum atomic E-state index is -0.962. The van der Waals surface area contributed by atoms with E-state index in [9.17, 15) is 9.59 Å². The molecule has 3 aliphatic rings. The molecular formula is C15H24N2O4. The summed E-state index contributed by atoms with van der Waals surface area (Å²) >= 11 is 0. The van der Waals surface area contributed by atoms with Crippen LogP contribution in [0.15, 0.2) is 0 Å². The van der Waals surface area contributed by atoms with Gasteiger partial charge in [-0.1, -0.05) is 12.8 Å². The fourth-order valence-electron chi connectivity index (χ4n) is 3.78. The molecule has 21 heavy (non-hydrogen) atoms. The Bertz CT molecular complexity index is 400. The second-order valence-corrected chi connectivity index (χ2v) is 6.33. The number of carbonyl (C=O) groups is 2. The van der Waals surface area contributed by atoms with E-state index in [0.717, 1.165) is 26.2 Å². The predicted molar refractivity (Wildman–Crippen MR) is 75.9 cm³/mol.